The molecule has 2 amide bonds. The Bertz CT molecular complexity index is 538. The van der Waals surface area contributed by atoms with Crippen molar-refractivity contribution >= 4 is 11.8 Å². The maximum Gasteiger partial charge on any atom is 0.233 e. The van der Waals surface area contributed by atoms with Gasteiger partial charge in [0, 0.05) is 5.56 Å². The minimum Gasteiger partial charge on any atom is -0.508 e. The van der Waals surface area contributed by atoms with E-state index in [1.165, 1.54) is 4.90 Å². The second-order valence-electron chi connectivity index (χ2n) is 5.05. The zero-order valence-corrected chi connectivity index (χ0v) is 10.5. The number of phenolic OH excluding ortho intramolecular Hbond substituents is 1. The molecule has 0 radical (unpaired) electrons. The number of rotatable bonds is 2. The summed E-state index contributed by atoms with van der Waals surface area (Å²) in [6.07, 6.45) is 5.23. The smallest absolute Gasteiger partial charge is 0.233 e. The van der Waals surface area contributed by atoms with Crippen molar-refractivity contribution < 1.29 is 14.7 Å². The molecule has 0 unspecified atom stereocenters. The van der Waals surface area contributed by atoms with Gasteiger partial charge in [-0.25, -0.2) is 0 Å². The molecule has 1 saturated heterocycles. The van der Waals surface area contributed by atoms with Gasteiger partial charge in [-0.3, -0.25) is 14.5 Å². The maximum atomic E-state index is 12.3. The molecule has 0 saturated carbocycles. The molecule has 1 heterocycles. The van der Waals surface area contributed by atoms with Crippen LogP contribution in [-0.2, 0) is 16.1 Å². The molecule has 1 aromatic rings. The Morgan fingerprint density at radius 3 is 2.21 bits per heavy atom. The Balaban J connectivity index is 1.85. The zero-order valence-electron chi connectivity index (χ0n) is 10.5. The van der Waals surface area contributed by atoms with E-state index in [0.29, 0.717) is 18.4 Å². The van der Waals surface area contributed by atoms with Crippen molar-refractivity contribution in [2.45, 2.75) is 19.4 Å². The summed E-state index contributed by atoms with van der Waals surface area (Å²) in [5, 5.41) is 9.74. The third-order valence-corrected chi connectivity index (χ3v) is 3.92. The number of amides is 2. The normalized spacial score (nSPS) is 25.8. The molecule has 19 heavy (non-hydrogen) atoms. The van der Waals surface area contributed by atoms with Crippen LogP contribution in [-0.4, -0.2) is 21.8 Å². The summed E-state index contributed by atoms with van der Waals surface area (Å²) in [5.41, 5.74) is 0.607. The monoisotopic (exact) mass is 257 g/mol. The van der Waals surface area contributed by atoms with Gasteiger partial charge >= 0.3 is 0 Å². The molecule has 4 nitrogen and oxygen atoms in total. The Hall–Kier alpha value is -2.10. The van der Waals surface area contributed by atoms with Crippen molar-refractivity contribution in [2.75, 3.05) is 0 Å². The third kappa shape index (κ3) is 1.93. The maximum absolute atomic E-state index is 12.3. The van der Waals surface area contributed by atoms with Crippen LogP contribution in [0.15, 0.2) is 36.4 Å². The van der Waals surface area contributed by atoms with E-state index in [-0.39, 0.29) is 35.9 Å². The summed E-state index contributed by atoms with van der Waals surface area (Å²) in [6, 6.07) is 6.80. The molecule has 4 heteroatoms. The van der Waals surface area contributed by atoms with E-state index in [9.17, 15) is 14.7 Å². The molecule has 1 fully saturated rings. The topological polar surface area (TPSA) is 57.6 Å². The van der Waals surface area contributed by atoms with Gasteiger partial charge in [-0.2, -0.15) is 0 Å². The predicted octanol–water partition coefficient (Wildman–Crippen LogP) is 1.84. The number of aromatic hydroxyl groups is 1. The van der Waals surface area contributed by atoms with E-state index < -0.39 is 0 Å². The SMILES string of the molecule is O=C1[C@H]2CC=CC[C@H]2C(=O)N1Cc1ccccc1O. The van der Waals surface area contributed by atoms with Crippen LogP contribution in [0.25, 0.3) is 0 Å². The van der Waals surface area contributed by atoms with Crippen molar-refractivity contribution in [2.24, 2.45) is 11.8 Å². The number of para-hydroxylation sites is 1. The summed E-state index contributed by atoms with van der Waals surface area (Å²) in [5.74, 6) is -0.506. The molecule has 2 aliphatic rings. The fourth-order valence-electron chi connectivity index (χ4n) is 2.84. The first-order valence-corrected chi connectivity index (χ1v) is 6.45. The number of benzene rings is 1. The fraction of sp³-hybridized carbons (Fsp3) is 0.333. The molecular weight excluding hydrogens is 242 g/mol. The van der Waals surface area contributed by atoms with Gasteiger partial charge in [-0.15, -0.1) is 0 Å². The van der Waals surface area contributed by atoms with Gasteiger partial charge in [0.05, 0.1) is 18.4 Å². The van der Waals surface area contributed by atoms with E-state index in [1.54, 1.807) is 24.3 Å². The van der Waals surface area contributed by atoms with E-state index in [4.69, 9.17) is 0 Å². The van der Waals surface area contributed by atoms with Crippen LogP contribution in [0.2, 0.25) is 0 Å². The number of nitrogens with zero attached hydrogens (tertiary/aromatic N) is 1. The number of likely N-dealkylation sites (tertiary alicyclic amines) is 1. The summed E-state index contributed by atoms with van der Waals surface area (Å²) >= 11 is 0. The van der Waals surface area contributed by atoms with Crippen molar-refractivity contribution in [1.82, 2.24) is 4.90 Å². The number of phenols is 1. The molecular formula is C15H15NO3. The largest absolute Gasteiger partial charge is 0.508 e. The van der Waals surface area contributed by atoms with Crippen molar-refractivity contribution in [3.8, 4) is 5.75 Å². The van der Waals surface area contributed by atoms with Crippen molar-refractivity contribution in [1.29, 1.82) is 0 Å². The highest BCUT2D eigenvalue weighted by molar-refractivity contribution is 6.05. The van der Waals surface area contributed by atoms with Gasteiger partial charge in [0.25, 0.3) is 0 Å². The van der Waals surface area contributed by atoms with Crippen LogP contribution in [0.5, 0.6) is 5.75 Å². The van der Waals surface area contributed by atoms with E-state index in [2.05, 4.69) is 0 Å². The van der Waals surface area contributed by atoms with Crippen LogP contribution in [0.4, 0.5) is 0 Å². The van der Waals surface area contributed by atoms with Crippen LogP contribution in [0, 0.1) is 11.8 Å². The number of imide groups is 1. The van der Waals surface area contributed by atoms with Gasteiger partial charge < -0.3 is 5.11 Å². The van der Waals surface area contributed by atoms with E-state index in [1.807, 2.05) is 12.2 Å². The average Bonchev–Trinajstić information content (AvgIpc) is 2.67. The Kier molecular flexibility index (Phi) is 2.85. The molecule has 2 atom stereocenters. The first kappa shape index (κ1) is 12.0. The molecule has 0 aromatic heterocycles. The summed E-state index contributed by atoms with van der Waals surface area (Å²) in [7, 11) is 0. The fourth-order valence-corrected chi connectivity index (χ4v) is 2.84. The molecule has 3 rings (SSSR count). The summed E-state index contributed by atoms with van der Waals surface area (Å²) < 4.78 is 0. The number of allylic oxidation sites excluding steroid dienone is 2. The predicted molar refractivity (Wildman–Crippen MR) is 69.0 cm³/mol. The average molecular weight is 257 g/mol. The van der Waals surface area contributed by atoms with Gasteiger partial charge in [0.1, 0.15) is 5.75 Å². The summed E-state index contributed by atoms with van der Waals surface area (Å²) in [6.45, 7) is 0.164. The molecule has 98 valence electrons. The quantitative estimate of drug-likeness (QED) is 0.649. The van der Waals surface area contributed by atoms with Crippen LogP contribution < -0.4 is 0 Å². The van der Waals surface area contributed by atoms with E-state index in [0.717, 1.165) is 0 Å². The highest BCUT2D eigenvalue weighted by Gasteiger charge is 2.47. The Labute approximate surface area is 111 Å². The highest BCUT2D eigenvalue weighted by Crippen LogP contribution is 2.36. The standard InChI is InChI=1S/C15H15NO3/c17-13-8-4-1-5-10(13)9-16-14(18)11-6-2-3-7-12(11)15(16)19/h1-5,8,11-12,17H,6-7,9H2/t11-,12+. The number of hydrogen-bond acceptors (Lipinski definition) is 3. The number of carbonyl (C=O) groups excluding carboxylic acids is 2. The van der Waals surface area contributed by atoms with E-state index >= 15 is 0 Å². The lowest BCUT2D eigenvalue weighted by Gasteiger charge is -2.15. The molecule has 0 spiro atoms. The van der Waals surface area contributed by atoms with Gasteiger partial charge in [-0.05, 0) is 18.9 Å². The molecule has 0 bridgehead atoms. The Morgan fingerprint density at radius 1 is 1.05 bits per heavy atom. The minimum absolute atomic E-state index is 0.109. The molecule has 1 aliphatic carbocycles. The zero-order chi connectivity index (χ0) is 13.4. The van der Waals surface area contributed by atoms with Crippen molar-refractivity contribution in [3.05, 3.63) is 42.0 Å². The van der Waals surface area contributed by atoms with Gasteiger partial charge in [-0.1, -0.05) is 30.4 Å². The summed E-state index contributed by atoms with van der Waals surface area (Å²) in [4.78, 5) is 25.8. The van der Waals surface area contributed by atoms with Gasteiger partial charge in [0.2, 0.25) is 11.8 Å². The lowest BCUT2D eigenvalue weighted by atomic mass is 9.85. The van der Waals surface area contributed by atoms with Crippen LogP contribution in [0.3, 0.4) is 0 Å². The first-order valence-electron chi connectivity index (χ1n) is 6.45. The van der Waals surface area contributed by atoms with Gasteiger partial charge in [0.15, 0.2) is 0 Å². The molecule has 1 aliphatic heterocycles. The third-order valence-electron chi connectivity index (χ3n) is 3.92. The highest BCUT2D eigenvalue weighted by atomic mass is 16.3. The first-order chi connectivity index (χ1) is 9.18. The van der Waals surface area contributed by atoms with Crippen LogP contribution in [0.1, 0.15) is 18.4 Å². The van der Waals surface area contributed by atoms with Crippen LogP contribution >= 0.6 is 0 Å². The molecule has 1 N–H and O–H groups in total. The number of hydrogen-bond donors (Lipinski definition) is 1. The minimum atomic E-state index is -0.205. The Morgan fingerprint density at radius 2 is 1.63 bits per heavy atom. The molecule has 1 aromatic carbocycles. The second kappa shape index (κ2) is 4.53. The lowest BCUT2D eigenvalue weighted by Crippen LogP contribution is -2.30. The van der Waals surface area contributed by atoms with Crippen molar-refractivity contribution in [3.63, 3.8) is 0 Å². The lowest BCUT2D eigenvalue weighted by molar-refractivity contribution is -0.140. The number of carbonyl (C=O) groups is 2. The second-order valence-corrected chi connectivity index (χ2v) is 5.05. The number of fused-ring (bicyclic) bond motifs is 1.